The smallest absolute Gasteiger partial charge is 0.136 e. The highest BCUT2D eigenvalue weighted by atomic mass is 16.5. The molecule has 0 bridgehead atoms. The van der Waals surface area contributed by atoms with Gasteiger partial charge in [0.2, 0.25) is 0 Å². The van der Waals surface area contributed by atoms with Gasteiger partial charge < -0.3 is 14.9 Å². The van der Waals surface area contributed by atoms with Gasteiger partial charge in [0.05, 0.1) is 6.26 Å². The zero-order valence-corrected chi connectivity index (χ0v) is 9.58. The van der Waals surface area contributed by atoms with Gasteiger partial charge in [0.15, 0.2) is 0 Å². The van der Waals surface area contributed by atoms with E-state index in [9.17, 15) is 10.2 Å². The molecule has 3 heteroatoms. The molecule has 1 atom stereocenters. The first kappa shape index (κ1) is 10.9. The number of aliphatic hydroxyl groups excluding tert-OH is 1. The zero-order chi connectivity index (χ0) is 12.5. The van der Waals surface area contributed by atoms with Crippen LogP contribution in [0.25, 0.3) is 5.57 Å². The lowest BCUT2D eigenvalue weighted by Crippen LogP contribution is -2.09. The van der Waals surface area contributed by atoms with E-state index in [1.165, 1.54) is 12.3 Å². The van der Waals surface area contributed by atoms with Crippen LogP contribution in [0.4, 0.5) is 0 Å². The van der Waals surface area contributed by atoms with Gasteiger partial charge in [-0.25, -0.2) is 0 Å². The molecule has 1 unspecified atom stereocenters. The molecule has 1 aliphatic heterocycles. The molecule has 0 amide bonds. The molecule has 0 radical (unpaired) electrons. The second-order valence-corrected chi connectivity index (χ2v) is 4.18. The number of rotatable bonds is 1. The Labute approximate surface area is 105 Å². The summed E-state index contributed by atoms with van der Waals surface area (Å²) in [4.78, 5) is 0. The van der Waals surface area contributed by atoms with Crippen molar-refractivity contribution in [2.75, 3.05) is 0 Å². The van der Waals surface area contributed by atoms with Crippen LogP contribution < -0.4 is 4.74 Å². The molecular formula is C15H12O3. The van der Waals surface area contributed by atoms with Crippen molar-refractivity contribution in [1.82, 2.24) is 0 Å². The summed E-state index contributed by atoms with van der Waals surface area (Å²) in [6, 6.07) is 14.3. The molecule has 3 nitrogen and oxygen atoms in total. The van der Waals surface area contributed by atoms with Crippen LogP contribution in [0.1, 0.15) is 17.2 Å². The summed E-state index contributed by atoms with van der Waals surface area (Å²) < 4.78 is 5.46. The minimum Gasteiger partial charge on any atom is -0.508 e. The molecule has 0 saturated carbocycles. The fourth-order valence-electron chi connectivity index (χ4n) is 2.07. The Hall–Kier alpha value is -2.26. The van der Waals surface area contributed by atoms with Crippen LogP contribution >= 0.6 is 0 Å². The molecule has 18 heavy (non-hydrogen) atoms. The van der Waals surface area contributed by atoms with Crippen molar-refractivity contribution in [3.63, 3.8) is 0 Å². The van der Waals surface area contributed by atoms with Crippen LogP contribution in [0.15, 0.2) is 54.8 Å². The van der Waals surface area contributed by atoms with E-state index < -0.39 is 6.10 Å². The average molecular weight is 240 g/mol. The quantitative estimate of drug-likeness (QED) is 0.805. The number of aliphatic hydroxyl groups is 1. The summed E-state index contributed by atoms with van der Waals surface area (Å²) in [7, 11) is 0. The van der Waals surface area contributed by atoms with E-state index in [1.54, 1.807) is 12.1 Å². The maximum absolute atomic E-state index is 10.3. The summed E-state index contributed by atoms with van der Waals surface area (Å²) >= 11 is 0. The SMILES string of the molecule is Oc1ccc2c(c1)OC=C(c1ccccc1)C2O. The van der Waals surface area contributed by atoms with E-state index in [-0.39, 0.29) is 5.75 Å². The van der Waals surface area contributed by atoms with Crippen LogP contribution in [0.3, 0.4) is 0 Å². The fraction of sp³-hybridized carbons (Fsp3) is 0.0667. The van der Waals surface area contributed by atoms with Crippen molar-refractivity contribution in [3.8, 4) is 11.5 Å². The van der Waals surface area contributed by atoms with E-state index in [1.807, 2.05) is 30.3 Å². The van der Waals surface area contributed by atoms with Crippen molar-refractivity contribution < 1.29 is 14.9 Å². The first-order valence-corrected chi connectivity index (χ1v) is 5.69. The summed E-state index contributed by atoms with van der Waals surface area (Å²) in [5.41, 5.74) is 2.30. The highest BCUT2D eigenvalue weighted by molar-refractivity contribution is 5.72. The third-order valence-electron chi connectivity index (χ3n) is 3.01. The Morgan fingerprint density at radius 3 is 2.56 bits per heavy atom. The lowest BCUT2D eigenvalue weighted by molar-refractivity contribution is 0.224. The molecule has 2 N–H and O–H groups in total. The van der Waals surface area contributed by atoms with E-state index in [4.69, 9.17) is 4.74 Å². The first-order chi connectivity index (χ1) is 8.75. The predicted octanol–water partition coefficient (Wildman–Crippen LogP) is 2.86. The van der Waals surface area contributed by atoms with Crippen molar-refractivity contribution in [2.45, 2.75) is 6.10 Å². The molecule has 1 aliphatic rings. The number of fused-ring (bicyclic) bond motifs is 1. The maximum Gasteiger partial charge on any atom is 0.136 e. The van der Waals surface area contributed by atoms with Gasteiger partial charge in [-0.05, 0) is 17.7 Å². The van der Waals surface area contributed by atoms with Gasteiger partial charge in [0, 0.05) is 17.2 Å². The summed E-state index contributed by atoms with van der Waals surface area (Å²) in [5.74, 6) is 0.611. The topological polar surface area (TPSA) is 49.7 Å². The third kappa shape index (κ3) is 1.75. The van der Waals surface area contributed by atoms with Gasteiger partial charge in [-0.2, -0.15) is 0 Å². The average Bonchev–Trinajstić information content (AvgIpc) is 2.40. The van der Waals surface area contributed by atoms with Crippen LogP contribution in [-0.2, 0) is 0 Å². The molecule has 0 saturated heterocycles. The van der Waals surface area contributed by atoms with E-state index in [2.05, 4.69) is 0 Å². The molecule has 1 heterocycles. The lowest BCUT2D eigenvalue weighted by atomic mass is 9.94. The molecule has 2 aromatic rings. The van der Waals surface area contributed by atoms with Gasteiger partial charge in [-0.1, -0.05) is 30.3 Å². The van der Waals surface area contributed by atoms with Crippen LogP contribution in [0.2, 0.25) is 0 Å². The number of benzene rings is 2. The highest BCUT2D eigenvalue weighted by Crippen LogP contribution is 2.40. The Bertz CT molecular complexity index is 602. The summed E-state index contributed by atoms with van der Waals surface area (Å²) in [5, 5.41) is 19.7. The first-order valence-electron chi connectivity index (χ1n) is 5.69. The van der Waals surface area contributed by atoms with Crippen LogP contribution in [0.5, 0.6) is 11.5 Å². The number of hydrogen-bond acceptors (Lipinski definition) is 3. The molecule has 0 aromatic heterocycles. The molecule has 0 fully saturated rings. The highest BCUT2D eigenvalue weighted by Gasteiger charge is 2.23. The van der Waals surface area contributed by atoms with Gasteiger partial charge in [0.25, 0.3) is 0 Å². The maximum atomic E-state index is 10.3. The largest absolute Gasteiger partial charge is 0.508 e. The van der Waals surface area contributed by atoms with Crippen LogP contribution in [-0.4, -0.2) is 10.2 Å². The molecule has 3 rings (SSSR count). The Morgan fingerprint density at radius 1 is 1.00 bits per heavy atom. The predicted molar refractivity (Wildman–Crippen MR) is 68.1 cm³/mol. The molecule has 0 spiro atoms. The minimum absolute atomic E-state index is 0.123. The normalized spacial score (nSPS) is 17.6. The second-order valence-electron chi connectivity index (χ2n) is 4.18. The standard InChI is InChI=1S/C15H12O3/c16-11-6-7-12-14(8-11)18-9-13(15(12)17)10-4-2-1-3-5-10/h1-9,15-17H. The van der Waals surface area contributed by atoms with Gasteiger partial charge in [0.1, 0.15) is 17.6 Å². The molecule has 2 aromatic carbocycles. The van der Waals surface area contributed by atoms with Crippen LogP contribution in [0, 0.1) is 0 Å². The second kappa shape index (κ2) is 4.20. The van der Waals surface area contributed by atoms with E-state index >= 15 is 0 Å². The van der Waals surface area contributed by atoms with Gasteiger partial charge in [-0.3, -0.25) is 0 Å². The van der Waals surface area contributed by atoms with Crippen molar-refractivity contribution in [2.24, 2.45) is 0 Å². The summed E-state index contributed by atoms with van der Waals surface area (Å²) in [6.07, 6.45) is 0.790. The monoisotopic (exact) mass is 240 g/mol. The minimum atomic E-state index is -0.739. The van der Waals surface area contributed by atoms with Crippen molar-refractivity contribution in [3.05, 3.63) is 65.9 Å². The third-order valence-corrected chi connectivity index (χ3v) is 3.01. The zero-order valence-electron chi connectivity index (χ0n) is 9.58. The molecular weight excluding hydrogens is 228 g/mol. The lowest BCUT2D eigenvalue weighted by Gasteiger charge is -2.23. The van der Waals surface area contributed by atoms with E-state index in [0.717, 1.165) is 5.56 Å². The number of ether oxygens (including phenoxy) is 1. The molecule has 0 aliphatic carbocycles. The molecule has 90 valence electrons. The Kier molecular flexibility index (Phi) is 2.54. The number of phenols is 1. The summed E-state index contributed by atoms with van der Waals surface area (Å²) in [6.45, 7) is 0. The van der Waals surface area contributed by atoms with Gasteiger partial charge in [-0.15, -0.1) is 0 Å². The van der Waals surface area contributed by atoms with Crippen molar-refractivity contribution in [1.29, 1.82) is 0 Å². The Balaban J connectivity index is 2.03. The number of phenolic OH excluding ortho intramolecular Hbond substituents is 1. The number of hydrogen-bond donors (Lipinski definition) is 2. The van der Waals surface area contributed by atoms with E-state index in [0.29, 0.717) is 16.9 Å². The van der Waals surface area contributed by atoms with Gasteiger partial charge >= 0.3 is 0 Å². The number of aromatic hydroxyl groups is 1. The Morgan fingerprint density at radius 2 is 1.78 bits per heavy atom. The fourth-order valence-corrected chi connectivity index (χ4v) is 2.07. The van der Waals surface area contributed by atoms with Crippen molar-refractivity contribution >= 4 is 5.57 Å².